The van der Waals surface area contributed by atoms with Crippen molar-refractivity contribution >= 4 is 29.2 Å². The molecule has 6 nitrogen and oxygen atoms in total. The minimum absolute atomic E-state index is 0.0927. The van der Waals surface area contributed by atoms with Crippen molar-refractivity contribution in [2.45, 2.75) is 18.9 Å². The van der Waals surface area contributed by atoms with Gasteiger partial charge in [-0.25, -0.2) is 4.99 Å². The Morgan fingerprint density at radius 2 is 1.92 bits per heavy atom. The first-order valence-corrected chi connectivity index (χ1v) is 8.68. The van der Waals surface area contributed by atoms with Crippen molar-refractivity contribution < 1.29 is 14.6 Å². The lowest BCUT2D eigenvalue weighted by atomic mass is 10.1. The van der Waals surface area contributed by atoms with Gasteiger partial charge in [0.15, 0.2) is 0 Å². The Bertz CT molecular complexity index is 791. The van der Waals surface area contributed by atoms with Gasteiger partial charge in [-0.3, -0.25) is 9.69 Å². The van der Waals surface area contributed by atoms with Gasteiger partial charge in [-0.1, -0.05) is 23.7 Å². The lowest BCUT2D eigenvalue weighted by molar-refractivity contribution is 0.0960. The summed E-state index contributed by atoms with van der Waals surface area (Å²) < 4.78 is 5.14. The quantitative estimate of drug-likeness (QED) is 0.762. The van der Waals surface area contributed by atoms with Crippen LogP contribution in [0.4, 0.5) is 5.69 Å². The number of anilines is 1. The fourth-order valence-corrected chi connectivity index (χ4v) is 2.90. The molecule has 0 bridgehead atoms. The molecule has 1 atom stereocenters. The fraction of sp³-hybridized carbons (Fsp3) is 0.263. The maximum Gasteiger partial charge on any atom is 0.282 e. The summed E-state index contributed by atoms with van der Waals surface area (Å²) in [6.07, 6.45) is 1.67. The third kappa shape index (κ3) is 4.33. The number of aliphatic hydroxyl groups is 1. The Kier molecular flexibility index (Phi) is 5.75. The molecule has 0 aromatic heterocycles. The maximum absolute atomic E-state index is 12.6. The summed E-state index contributed by atoms with van der Waals surface area (Å²) in [4.78, 5) is 18.1. The van der Waals surface area contributed by atoms with Crippen LogP contribution in [-0.4, -0.2) is 36.4 Å². The Morgan fingerprint density at radius 1 is 1.23 bits per heavy atom. The van der Waals surface area contributed by atoms with Crippen LogP contribution in [0, 0.1) is 0 Å². The van der Waals surface area contributed by atoms with Gasteiger partial charge in [0.2, 0.25) is 0 Å². The highest BCUT2D eigenvalue weighted by atomic mass is 35.5. The topological polar surface area (TPSA) is 88.1 Å². The highest BCUT2D eigenvalue weighted by Crippen LogP contribution is 2.20. The highest BCUT2D eigenvalue weighted by Gasteiger charge is 2.18. The molecule has 0 saturated carbocycles. The second kappa shape index (κ2) is 8.21. The zero-order valence-corrected chi connectivity index (χ0v) is 14.9. The average Bonchev–Trinajstić information content (AvgIpc) is 3.07. The van der Waals surface area contributed by atoms with Crippen LogP contribution < -0.4 is 10.6 Å². The van der Waals surface area contributed by atoms with Crippen molar-refractivity contribution in [3.8, 4) is 0 Å². The number of aryl methyl sites for hydroxylation is 1. The van der Waals surface area contributed by atoms with Crippen LogP contribution in [0.15, 0.2) is 53.5 Å². The molecule has 3 rings (SSSR count). The number of nitrogens with two attached hydrogens (primary N) is 1. The SMILES string of the molecule is NC1=N[C@@H](CCc2ccc(N(CO)C(=O)c3ccc(Cl)cc3)cc2)CO1. The summed E-state index contributed by atoms with van der Waals surface area (Å²) in [7, 11) is 0. The number of carbonyl (C=O) groups excluding carboxylic acids is 1. The van der Waals surface area contributed by atoms with E-state index in [9.17, 15) is 9.90 Å². The number of halogens is 1. The first-order chi connectivity index (χ1) is 12.6. The van der Waals surface area contributed by atoms with Crippen LogP contribution in [0.25, 0.3) is 0 Å². The molecule has 136 valence electrons. The lowest BCUT2D eigenvalue weighted by Crippen LogP contribution is -2.31. The van der Waals surface area contributed by atoms with Crippen molar-refractivity contribution in [3.63, 3.8) is 0 Å². The minimum atomic E-state index is -0.409. The van der Waals surface area contributed by atoms with Gasteiger partial charge in [-0.2, -0.15) is 0 Å². The van der Waals surface area contributed by atoms with Gasteiger partial charge < -0.3 is 15.6 Å². The van der Waals surface area contributed by atoms with E-state index in [2.05, 4.69) is 4.99 Å². The van der Waals surface area contributed by atoms with Crippen molar-refractivity contribution in [3.05, 3.63) is 64.7 Å². The molecular formula is C19H20ClN3O3. The number of ether oxygens (including phenoxy) is 1. The summed E-state index contributed by atoms with van der Waals surface area (Å²) in [5, 5.41) is 10.2. The molecule has 3 N–H and O–H groups in total. The number of hydrogen-bond acceptors (Lipinski definition) is 5. The predicted molar refractivity (Wildman–Crippen MR) is 101 cm³/mol. The van der Waals surface area contributed by atoms with Crippen LogP contribution in [0.2, 0.25) is 5.02 Å². The molecule has 0 fully saturated rings. The molecule has 1 heterocycles. The maximum atomic E-state index is 12.6. The molecule has 1 amide bonds. The Labute approximate surface area is 156 Å². The standard InChI is InChI=1S/C19H20ClN3O3/c20-15-6-4-14(5-7-15)18(25)23(12-24)17-9-2-13(3-10-17)1-8-16-11-26-19(21)22-16/h2-7,9-10,16,24H,1,8,11-12H2,(H2,21,22)/t16-/m0/s1. The molecule has 0 saturated heterocycles. The number of aliphatic hydroxyl groups excluding tert-OH is 1. The molecule has 26 heavy (non-hydrogen) atoms. The molecule has 0 aliphatic carbocycles. The van der Waals surface area contributed by atoms with Crippen molar-refractivity contribution in [2.24, 2.45) is 10.7 Å². The normalized spacial score (nSPS) is 16.1. The van der Waals surface area contributed by atoms with E-state index in [0.29, 0.717) is 22.9 Å². The third-order valence-corrected chi connectivity index (χ3v) is 4.48. The predicted octanol–water partition coefficient (Wildman–Crippen LogP) is 2.58. The summed E-state index contributed by atoms with van der Waals surface area (Å²) in [5.41, 5.74) is 7.71. The average molecular weight is 374 g/mol. The monoisotopic (exact) mass is 373 g/mol. The van der Waals surface area contributed by atoms with Crippen LogP contribution in [0.5, 0.6) is 0 Å². The Hall–Kier alpha value is -2.57. The number of nitrogens with zero attached hydrogens (tertiary/aromatic N) is 2. The number of amides is 1. The second-order valence-corrected chi connectivity index (χ2v) is 6.46. The Morgan fingerprint density at radius 3 is 2.50 bits per heavy atom. The van der Waals surface area contributed by atoms with E-state index in [4.69, 9.17) is 22.1 Å². The van der Waals surface area contributed by atoms with Crippen LogP contribution in [0.1, 0.15) is 22.3 Å². The summed E-state index contributed by atoms with van der Waals surface area (Å²) >= 11 is 5.85. The van der Waals surface area contributed by atoms with E-state index in [1.807, 2.05) is 24.3 Å². The number of amidine groups is 1. The van der Waals surface area contributed by atoms with Crippen LogP contribution in [-0.2, 0) is 11.2 Å². The van der Waals surface area contributed by atoms with E-state index in [1.54, 1.807) is 24.3 Å². The summed E-state index contributed by atoms with van der Waals surface area (Å²) in [6.45, 7) is 0.117. The van der Waals surface area contributed by atoms with Gasteiger partial charge in [0.25, 0.3) is 11.9 Å². The van der Waals surface area contributed by atoms with Gasteiger partial charge in [0, 0.05) is 16.3 Å². The molecular weight excluding hydrogens is 354 g/mol. The van der Waals surface area contributed by atoms with E-state index in [-0.39, 0.29) is 18.0 Å². The van der Waals surface area contributed by atoms with Crippen LogP contribution in [0.3, 0.4) is 0 Å². The molecule has 0 unspecified atom stereocenters. The van der Waals surface area contributed by atoms with Gasteiger partial charge >= 0.3 is 0 Å². The molecule has 1 aliphatic rings. The van der Waals surface area contributed by atoms with Crippen molar-refractivity contribution in [1.82, 2.24) is 0 Å². The Balaban J connectivity index is 1.65. The largest absolute Gasteiger partial charge is 0.463 e. The second-order valence-electron chi connectivity index (χ2n) is 6.02. The van der Waals surface area contributed by atoms with Crippen LogP contribution >= 0.6 is 11.6 Å². The van der Waals surface area contributed by atoms with Gasteiger partial charge in [0.1, 0.15) is 13.3 Å². The fourth-order valence-electron chi connectivity index (χ4n) is 2.77. The minimum Gasteiger partial charge on any atom is -0.463 e. The van der Waals surface area contributed by atoms with Gasteiger partial charge in [-0.15, -0.1) is 0 Å². The van der Waals surface area contributed by atoms with E-state index in [0.717, 1.165) is 18.4 Å². The van der Waals surface area contributed by atoms with E-state index < -0.39 is 6.73 Å². The number of rotatable bonds is 6. The highest BCUT2D eigenvalue weighted by molar-refractivity contribution is 6.30. The smallest absolute Gasteiger partial charge is 0.282 e. The summed E-state index contributed by atoms with van der Waals surface area (Å²) in [5.74, 6) is -0.287. The van der Waals surface area contributed by atoms with Crippen molar-refractivity contribution in [1.29, 1.82) is 0 Å². The number of benzene rings is 2. The van der Waals surface area contributed by atoms with Crippen molar-refractivity contribution in [2.75, 3.05) is 18.2 Å². The molecule has 2 aromatic carbocycles. The number of carbonyl (C=O) groups is 1. The number of hydrogen-bond donors (Lipinski definition) is 2. The molecule has 0 radical (unpaired) electrons. The zero-order chi connectivity index (χ0) is 18.5. The van der Waals surface area contributed by atoms with Gasteiger partial charge in [0.05, 0.1) is 6.04 Å². The lowest BCUT2D eigenvalue weighted by Gasteiger charge is -2.20. The number of aliphatic imine (C=N–C) groups is 1. The molecule has 1 aliphatic heterocycles. The third-order valence-electron chi connectivity index (χ3n) is 4.23. The van der Waals surface area contributed by atoms with E-state index in [1.165, 1.54) is 4.90 Å². The first-order valence-electron chi connectivity index (χ1n) is 8.30. The first kappa shape index (κ1) is 18.2. The molecule has 0 spiro atoms. The zero-order valence-electron chi connectivity index (χ0n) is 14.1. The molecule has 2 aromatic rings. The van der Waals surface area contributed by atoms with E-state index >= 15 is 0 Å². The summed E-state index contributed by atoms with van der Waals surface area (Å²) in [6, 6.07) is 14.4. The van der Waals surface area contributed by atoms with Gasteiger partial charge in [-0.05, 0) is 54.8 Å². The molecule has 7 heteroatoms.